The van der Waals surface area contributed by atoms with E-state index >= 15 is 0 Å². The van der Waals surface area contributed by atoms with Gasteiger partial charge in [-0.2, -0.15) is 11.8 Å². The van der Waals surface area contributed by atoms with Crippen molar-refractivity contribution in [3.63, 3.8) is 0 Å². The number of aromatic nitrogens is 1. The molecule has 5 heteroatoms. The van der Waals surface area contributed by atoms with Crippen LogP contribution < -0.4 is 4.90 Å². The molecule has 0 saturated carbocycles. The summed E-state index contributed by atoms with van der Waals surface area (Å²) in [5.74, 6) is 2.30. The summed E-state index contributed by atoms with van der Waals surface area (Å²) in [4.78, 5) is 17.5. The first-order valence-electron chi connectivity index (χ1n) is 5.72. The Balaban J connectivity index is 2.21. The van der Waals surface area contributed by atoms with Gasteiger partial charge in [0.25, 0.3) is 0 Å². The van der Waals surface area contributed by atoms with Crippen molar-refractivity contribution in [1.29, 1.82) is 0 Å². The van der Waals surface area contributed by atoms with Gasteiger partial charge in [-0.1, -0.05) is 0 Å². The molecule has 1 aliphatic rings. The average molecular weight is 252 g/mol. The molecule has 0 atom stereocenters. The molecule has 1 saturated heterocycles. The van der Waals surface area contributed by atoms with Crippen molar-refractivity contribution in [2.45, 2.75) is 13.3 Å². The number of nitrogens with zero attached hydrogens (tertiary/aromatic N) is 2. The standard InChI is InChI=1S/C12H16N2O2S/c1-9-10(12(15)16)3-4-11(13-9)14-5-2-7-17-8-6-14/h3-4H,2,5-8H2,1H3,(H,15,16). The number of hydrogen-bond acceptors (Lipinski definition) is 4. The predicted molar refractivity (Wildman–Crippen MR) is 70.1 cm³/mol. The van der Waals surface area contributed by atoms with Gasteiger partial charge in [-0.25, -0.2) is 9.78 Å². The Morgan fingerprint density at radius 2 is 2.24 bits per heavy atom. The molecular weight excluding hydrogens is 236 g/mol. The summed E-state index contributed by atoms with van der Waals surface area (Å²) in [7, 11) is 0. The molecule has 1 aromatic rings. The Kier molecular flexibility index (Phi) is 3.89. The van der Waals surface area contributed by atoms with Crippen LogP contribution in [0, 0.1) is 6.92 Å². The van der Waals surface area contributed by atoms with Gasteiger partial charge >= 0.3 is 5.97 Å². The number of hydrogen-bond donors (Lipinski definition) is 1. The van der Waals surface area contributed by atoms with Crippen molar-refractivity contribution in [3.8, 4) is 0 Å². The third-order valence-electron chi connectivity index (χ3n) is 2.85. The minimum Gasteiger partial charge on any atom is -0.478 e. The van der Waals surface area contributed by atoms with Gasteiger partial charge < -0.3 is 10.0 Å². The molecule has 1 N–H and O–H groups in total. The Morgan fingerprint density at radius 1 is 1.41 bits per heavy atom. The Labute approximate surface area is 105 Å². The van der Waals surface area contributed by atoms with Crippen molar-refractivity contribution >= 4 is 23.5 Å². The molecular formula is C12H16N2O2S. The zero-order valence-electron chi connectivity index (χ0n) is 9.85. The second-order valence-corrected chi connectivity index (χ2v) is 5.29. The molecule has 92 valence electrons. The van der Waals surface area contributed by atoms with Crippen LogP contribution in [0.2, 0.25) is 0 Å². The van der Waals surface area contributed by atoms with Crippen LogP contribution in [-0.4, -0.2) is 40.7 Å². The van der Waals surface area contributed by atoms with E-state index in [4.69, 9.17) is 5.11 Å². The van der Waals surface area contributed by atoms with Gasteiger partial charge in [-0.05, 0) is 31.2 Å². The van der Waals surface area contributed by atoms with Crippen LogP contribution in [-0.2, 0) is 0 Å². The van der Waals surface area contributed by atoms with Crippen molar-refractivity contribution in [2.75, 3.05) is 29.5 Å². The van der Waals surface area contributed by atoms with E-state index in [9.17, 15) is 4.79 Å². The maximum Gasteiger partial charge on any atom is 0.337 e. The van der Waals surface area contributed by atoms with E-state index in [0.717, 1.165) is 31.1 Å². The summed E-state index contributed by atoms with van der Waals surface area (Å²) in [5, 5.41) is 8.95. The molecule has 0 spiro atoms. The average Bonchev–Trinajstić information content (AvgIpc) is 2.56. The number of aryl methyl sites for hydroxylation is 1. The first kappa shape index (κ1) is 12.2. The molecule has 1 aliphatic heterocycles. The van der Waals surface area contributed by atoms with Gasteiger partial charge in [0, 0.05) is 18.8 Å². The van der Waals surface area contributed by atoms with Crippen molar-refractivity contribution < 1.29 is 9.90 Å². The first-order chi connectivity index (χ1) is 8.18. The molecule has 2 heterocycles. The van der Waals surface area contributed by atoms with Crippen LogP contribution in [0.4, 0.5) is 5.82 Å². The van der Waals surface area contributed by atoms with Crippen LogP contribution in [0.3, 0.4) is 0 Å². The highest BCUT2D eigenvalue weighted by atomic mass is 32.2. The third-order valence-corrected chi connectivity index (χ3v) is 3.90. The fourth-order valence-corrected chi connectivity index (χ4v) is 2.81. The topological polar surface area (TPSA) is 53.4 Å². The molecule has 2 rings (SSSR count). The fraction of sp³-hybridized carbons (Fsp3) is 0.500. The van der Waals surface area contributed by atoms with Crippen LogP contribution >= 0.6 is 11.8 Å². The zero-order valence-corrected chi connectivity index (χ0v) is 10.7. The summed E-state index contributed by atoms with van der Waals surface area (Å²) in [6.45, 7) is 3.74. The van der Waals surface area contributed by atoms with Crippen LogP contribution in [0.1, 0.15) is 22.5 Å². The summed E-state index contributed by atoms with van der Waals surface area (Å²) in [6, 6.07) is 3.46. The molecule has 0 radical (unpaired) electrons. The van der Waals surface area contributed by atoms with E-state index in [0.29, 0.717) is 5.69 Å². The van der Waals surface area contributed by atoms with E-state index in [1.807, 2.05) is 17.8 Å². The lowest BCUT2D eigenvalue weighted by atomic mass is 10.2. The Bertz CT molecular complexity index is 415. The molecule has 0 unspecified atom stereocenters. The van der Waals surface area contributed by atoms with Gasteiger partial charge in [0.1, 0.15) is 5.82 Å². The molecule has 0 amide bonds. The van der Waals surface area contributed by atoms with Crippen LogP contribution in [0.25, 0.3) is 0 Å². The number of thioether (sulfide) groups is 1. The molecule has 17 heavy (non-hydrogen) atoms. The predicted octanol–water partition coefficient (Wildman–Crippen LogP) is 2.03. The van der Waals surface area contributed by atoms with Crippen molar-refractivity contribution in [2.24, 2.45) is 0 Å². The molecule has 0 bridgehead atoms. The van der Waals surface area contributed by atoms with E-state index < -0.39 is 5.97 Å². The number of carbonyl (C=O) groups is 1. The quantitative estimate of drug-likeness (QED) is 0.873. The largest absolute Gasteiger partial charge is 0.478 e. The highest BCUT2D eigenvalue weighted by Crippen LogP contribution is 2.19. The highest BCUT2D eigenvalue weighted by molar-refractivity contribution is 7.99. The van der Waals surface area contributed by atoms with Crippen LogP contribution in [0.15, 0.2) is 12.1 Å². The van der Waals surface area contributed by atoms with E-state index in [1.165, 1.54) is 5.75 Å². The second kappa shape index (κ2) is 5.40. The molecule has 1 fully saturated rings. The van der Waals surface area contributed by atoms with Crippen molar-refractivity contribution in [3.05, 3.63) is 23.4 Å². The summed E-state index contributed by atoms with van der Waals surface area (Å²) in [6.07, 6.45) is 1.16. The summed E-state index contributed by atoms with van der Waals surface area (Å²) < 4.78 is 0. The van der Waals surface area contributed by atoms with Gasteiger partial charge in [0.2, 0.25) is 0 Å². The number of rotatable bonds is 2. The molecule has 4 nitrogen and oxygen atoms in total. The lowest BCUT2D eigenvalue weighted by Crippen LogP contribution is -2.26. The Morgan fingerprint density at radius 3 is 2.94 bits per heavy atom. The van der Waals surface area contributed by atoms with E-state index in [-0.39, 0.29) is 5.56 Å². The van der Waals surface area contributed by atoms with Crippen LogP contribution in [0.5, 0.6) is 0 Å². The maximum absolute atomic E-state index is 10.9. The van der Waals surface area contributed by atoms with Gasteiger partial charge in [0.15, 0.2) is 0 Å². The van der Waals surface area contributed by atoms with Gasteiger partial charge in [-0.3, -0.25) is 0 Å². The van der Waals surface area contributed by atoms with E-state index in [2.05, 4.69) is 9.88 Å². The van der Waals surface area contributed by atoms with E-state index in [1.54, 1.807) is 13.0 Å². The fourth-order valence-electron chi connectivity index (χ4n) is 1.93. The molecule has 1 aromatic heterocycles. The third kappa shape index (κ3) is 2.91. The minimum atomic E-state index is -0.909. The molecule has 0 aromatic carbocycles. The second-order valence-electron chi connectivity index (χ2n) is 4.06. The smallest absolute Gasteiger partial charge is 0.337 e. The van der Waals surface area contributed by atoms with Gasteiger partial charge in [0.05, 0.1) is 11.3 Å². The normalized spacial score (nSPS) is 16.6. The molecule has 0 aliphatic carbocycles. The SMILES string of the molecule is Cc1nc(N2CCCSCC2)ccc1C(=O)O. The zero-order chi connectivity index (χ0) is 12.3. The minimum absolute atomic E-state index is 0.290. The lowest BCUT2D eigenvalue weighted by molar-refractivity contribution is 0.0695. The number of pyridine rings is 1. The number of carboxylic acids is 1. The lowest BCUT2D eigenvalue weighted by Gasteiger charge is -2.21. The van der Waals surface area contributed by atoms with Crippen molar-refractivity contribution in [1.82, 2.24) is 4.98 Å². The number of aromatic carboxylic acids is 1. The Hall–Kier alpha value is -1.23. The monoisotopic (exact) mass is 252 g/mol. The number of anilines is 1. The summed E-state index contributed by atoms with van der Waals surface area (Å²) >= 11 is 1.96. The summed E-state index contributed by atoms with van der Waals surface area (Å²) in [5.41, 5.74) is 0.879. The number of carboxylic acid groups (broad SMARTS) is 1. The maximum atomic E-state index is 10.9. The highest BCUT2D eigenvalue weighted by Gasteiger charge is 2.14. The van der Waals surface area contributed by atoms with Gasteiger partial charge in [-0.15, -0.1) is 0 Å². The first-order valence-corrected chi connectivity index (χ1v) is 6.87.